The van der Waals surface area contributed by atoms with Crippen LogP contribution in [0.5, 0.6) is 0 Å². The predicted molar refractivity (Wildman–Crippen MR) is 98.6 cm³/mol. The highest BCUT2D eigenvalue weighted by molar-refractivity contribution is 6.30. The third-order valence-corrected chi connectivity index (χ3v) is 4.09. The zero-order chi connectivity index (χ0) is 18.5. The molecule has 0 aliphatic carbocycles. The zero-order valence-electron chi connectivity index (χ0n) is 13.6. The van der Waals surface area contributed by atoms with E-state index < -0.39 is 18.0 Å². The number of rotatable bonds is 5. The van der Waals surface area contributed by atoms with E-state index in [1.807, 2.05) is 30.3 Å². The number of hydrogen-bond donors (Lipinski definition) is 1. The Hall–Kier alpha value is -3.11. The maximum atomic E-state index is 12.7. The fraction of sp³-hybridized carbons (Fsp3) is 0.0476. The summed E-state index contributed by atoms with van der Waals surface area (Å²) in [5.41, 5.74) is 1.36. The Morgan fingerprint density at radius 2 is 1.42 bits per heavy atom. The van der Waals surface area contributed by atoms with Crippen molar-refractivity contribution in [3.8, 4) is 0 Å². The molecule has 0 saturated heterocycles. The molecule has 3 aromatic rings. The first-order valence-electron chi connectivity index (χ1n) is 7.90. The van der Waals surface area contributed by atoms with Gasteiger partial charge in [0, 0.05) is 5.02 Å². The second-order valence-electron chi connectivity index (χ2n) is 5.60. The smallest absolute Gasteiger partial charge is 0.339 e. The maximum Gasteiger partial charge on any atom is 0.339 e. The molecule has 0 saturated carbocycles. The maximum absolute atomic E-state index is 12.7. The average molecular weight is 367 g/mol. The van der Waals surface area contributed by atoms with E-state index in [9.17, 15) is 14.7 Å². The highest BCUT2D eigenvalue weighted by Gasteiger charge is 2.23. The molecule has 0 heterocycles. The van der Waals surface area contributed by atoms with Crippen LogP contribution in [0.25, 0.3) is 0 Å². The second kappa shape index (κ2) is 7.85. The van der Waals surface area contributed by atoms with Crippen LogP contribution >= 0.6 is 11.6 Å². The van der Waals surface area contributed by atoms with Crippen molar-refractivity contribution in [3.63, 3.8) is 0 Å². The van der Waals surface area contributed by atoms with Crippen LogP contribution in [0.4, 0.5) is 0 Å². The van der Waals surface area contributed by atoms with Crippen molar-refractivity contribution in [1.29, 1.82) is 0 Å². The van der Waals surface area contributed by atoms with Crippen molar-refractivity contribution in [2.75, 3.05) is 0 Å². The Bertz CT molecular complexity index is 938. The molecule has 3 aromatic carbocycles. The van der Waals surface area contributed by atoms with Crippen LogP contribution in [0.1, 0.15) is 37.9 Å². The summed E-state index contributed by atoms with van der Waals surface area (Å²) in [5, 5.41) is 9.81. The number of esters is 1. The lowest BCUT2D eigenvalue weighted by Crippen LogP contribution is -2.16. The standard InChI is InChI=1S/C21H15ClO4/c22-16-10-6-9-15(13-16)19(14-7-2-1-3-8-14)26-21(25)18-12-5-4-11-17(18)20(23)24/h1-13,19H,(H,23,24)/t19-/m1/s1. The van der Waals surface area contributed by atoms with E-state index in [0.717, 1.165) is 5.56 Å². The number of hydrogen-bond acceptors (Lipinski definition) is 3. The molecule has 0 radical (unpaired) electrons. The van der Waals surface area contributed by atoms with E-state index in [4.69, 9.17) is 16.3 Å². The number of carboxylic acids is 1. The Morgan fingerprint density at radius 1 is 0.808 bits per heavy atom. The van der Waals surface area contributed by atoms with Crippen molar-refractivity contribution in [1.82, 2.24) is 0 Å². The fourth-order valence-corrected chi connectivity index (χ4v) is 2.84. The molecule has 0 spiro atoms. The topological polar surface area (TPSA) is 63.6 Å². The van der Waals surface area contributed by atoms with Crippen LogP contribution in [0.15, 0.2) is 78.9 Å². The molecule has 130 valence electrons. The third kappa shape index (κ3) is 3.92. The predicted octanol–water partition coefficient (Wildman–Crippen LogP) is 4.98. The normalized spacial score (nSPS) is 11.6. The average Bonchev–Trinajstić information content (AvgIpc) is 2.66. The molecule has 26 heavy (non-hydrogen) atoms. The number of ether oxygens (including phenoxy) is 1. The van der Waals surface area contributed by atoms with Gasteiger partial charge in [0.2, 0.25) is 0 Å². The molecular formula is C21H15ClO4. The first-order valence-corrected chi connectivity index (χ1v) is 8.28. The first-order chi connectivity index (χ1) is 12.6. The molecule has 5 heteroatoms. The summed E-state index contributed by atoms with van der Waals surface area (Å²) in [5.74, 6) is -1.90. The molecular weight excluding hydrogens is 352 g/mol. The van der Waals surface area contributed by atoms with Gasteiger partial charge in [-0.3, -0.25) is 0 Å². The molecule has 0 bridgehead atoms. The largest absolute Gasteiger partial charge is 0.478 e. The fourth-order valence-electron chi connectivity index (χ4n) is 2.64. The molecule has 0 aliphatic rings. The number of carbonyl (C=O) groups is 2. The van der Waals surface area contributed by atoms with E-state index in [2.05, 4.69) is 0 Å². The Balaban J connectivity index is 1.99. The summed E-state index contributed by atoms with van der Waals surface area (Å²) in [6.45, 7) is 0. The molecule has 1 N–H and O–H groups in total. The number of benzene rings is 3. The summed E-state index contributed by atoms with van der Waals surface area (Å²) in [4.78, 5) is 24.1. The van der Waals surface area contributed by atoms with E-state index in [1.54, 1.807) is 36.4 Å². The lowest BCUT2D eigenvalue weighted by atomic mass is 10.0. The molecule has 3 rings (SSSR count). The van der Waals surface area contributed by atoms with Crippen LogP contribution in [0.3, 0.4) is 0 Å². The van der Waals surface area contributed by atoms with Crippen LogP contribution < -0.4 is 0 Å². The van der Waals surface area contributed by atoms with Gasteiger partial charge in [-0.1, -0.05) is 66.2 Å². The highest BCUT2D eigenvalue weighted by atomic mass is 35.5. The number of carbonyl (C=O) groups excluding carboxylic acids is 1. The van der Waals surface area contributed by atoms with E-state index >= 15 is 0 Å². The number of carboxylic acid groups (broad SMARTS) is 1. The molecule has 1 atom stereocenters. The Kier molecular flexibility index (Phi) is 5.34. The van der Waals surface area contributed by atoms with Gasteiger partial charge in [-0.15, -0.1) is 0 Å². The number of aromatic carboxylic acids is 1. The summed E-state index contributed by atoms with van der Waals surface area (Å²) in [6, 6.07) is 22.2. The van der Waals surface area contributed by atoms with Crippen LogP contribution in [0.2, 0.25) is 5.02 Å². The third-order valence-electron chi connectivity index (χ3n) is 3.86. The lowest BCUT2D eigenvalue weighted by Gasteiger charge is -2.19. The Labute approximate surface area is 155 Å². The van der Waals surface area contributed by atoms with E-state index in [1.165, 1.54) is 12.1 Å². The zero-order valence-corrected chi connectivity index (χ0v) is 14.4. The van der Waals surface area contributed by atoms with Crippen LogP contribution in [0, 0.1) is 0 Å². The monoisotopic (exact) mass is 366 g/mol. The summed E-state index contributed by atoms with van der Waals surface area (Å²) >= 11 is 6.08. The van der Waals surface area contributed by atoms with Gasteiger partial charge in [-0.25, -0.2) is 9.59 Å². The molecule has 0 amide bonds. The van der Waals surface area contributed by atoms with Gasteiger partial charge < -0.3 is 9.84 Å². The minimum absolute atomic E-state index is 0.00274. The van der Waals surface area contributed by atoms with Crippen molar-refractivity contribution in [2.24, 2.45) is 0 Å². The summed E-state index contributed by atoms with van der Waals surface area (Å²) in [7, 11) is 0. The van der Waals surface area contributed by atoms with Gasteiger partial charge in [-0.2, -0.15) is 0 Å². The van der Waals surface area contributed by atoms with Gasteiger partial charge in [-0.05, 0) is 35.4 Å². The summed E-state index contributed by atoms with van der Waals surface area (Å²) < 4.78 is 5.69. The van der Waals surface area contributed by atoms with Crippen molar-refractivity contribution in [2.45, 2.75) is 6.10 Å². The van der Waals surface area contributed by atoms with Gasteiger partial charge in [0.15, 0.2) is 6.10 Å². The second-order valence-corrected chi connectivity index (χ2v) is 6.04. The van der Waals surface area contributed by atoms with Gasteiger partial charge in [0.05, 0.1) is 11.1 Å². The molecule has 0 fully saturated rings. The van der Waals surface area contributed by atoms with Crippen molar-refractivity contribution >= 4 is 23.5 Å². The van der Waals surface area contributed by atoms with Crippen molar-refractivity contribution < 1.29 is 19.4 Å². The van der Waals surface area contributed by atoms with E-state index in [-0.39, 0.29) is 11.1 Å². The summed E-state index contributed by atoms with van der Waals surface area (Å²) in [6.07, 6.45) is -0.704. The molecule has 0 unspecified atom stereocenters. The molecule has 4 nitrogen and oxygen atoms in total. The quantitative estimate of drug-likeness (QED) is 0.646. The molecule has 0 aliphatic heterocycles. The van der Waals surface area contributed by atoms with Crippen molar-refractivity contribution in [3.05, 3.63) is 106 Å². The van der Waals surface area contributed by atoms with Crippen LogP contribution in [-0.2, 0) is 4.74 Å². The SMILES string of the molecule is O=C(O)c1ccccc1C(=O)O[C@H](c1ccccc1)c1cccc(Cl)c1. The van der Waals surface area contributed by atoms with Gasteiger partial charge >= 0.3 is 11.9 Å². The minimum Gasteiger partial charge on any atom is -0.478 e. The molecule has 0 aromatic heterocycles. The Morgan fingerprint density at radius 3 is 2.08 bits per heavy atom. The number of halogens is 1. The highest BCUT2D eigenvalue weighted by Crippen LogP contribution is 2.29. The first kappa shape index (κ1) is 17.7. The lowest BCUT2D eigenvalue weighted by molar-refractivity contribution is 0.0371. The minimum atomic E-state index is -1.18. The van der Waals surface area contributed by atoms with Gasteiger partial charge in [0.25, 0.3) is 0 Å². The van der Waals surface area contributed by atoms with E-state index in [0.29, 0.717) is 10.6 Å². The van der Waals surface area contributed by atoms with Gasteiger partial charge in [0.1, 0.15) is 0 Å². The van der Waals surface area contributed by atoms with Crippen LogP contribution in [-0.4, -0.2) is 17.0 Å².